The molecule has 0 aliphatic carbocycles. The van der Waals surface area contributed by atoms with Crippen molar-refractivity contribution in [2.75, 3.05) is 31.6 Å². The largest absolute Gasteiger partial charge is 0.407 e. The van der Waals surface area contributed by atoms with Crippen LogP contribution < -0.4 is 10.6 Å². The average molecular weight is 242 g/mol. The van der Waals surface area contributed by atoms with Crippen LogP contribution in [0.5, 0.6) is 0 Å². The van der Waals surface area contributed by atoms with E-state index in [4.69, 9.17) is 9.15 Å². The Morgan fingerprint density at radius 2 is 2.18 bits per heavy atom. The van der Waals surface area contributed by atoms with Gasteiger partial charge in [0.05, 0.1) is 13.2 Å². The fraction of sp³-hybridized carbons (Fsp3) is 0.818. The van der Waals surface area contributed by atoms with Crippen LogP contribution in [-0.4, -0.2) is 36.5 Å². The van der Waals surface area contributed by atoms with E-state index < -0.39 is 0 Å². The standard InChI is InChI=1S/C11H22N4O2/c1-4-12-7-10-14-15-11(17-10)13-5-6-16-8-9(2)3/h9,12H,4-8H2,1-3H3,(H,13,15). The molecule has 0 aromatic carbocycles. The second-order valence-electron chi connectivity index (χ2n) is 4.18. The molecule has 0 bridgehead atoms. The third kappa shape index (κ3) is 6.23. The minimum atomic E-state index is 0.450. The maximum atomic E-state index is 5.42. The highest BCUT2D eigenvalue weighted by molar-refractivity contribution is 5.16. The summed E-state index contributed by atoms with van der Waals surface area (Å²) in [5.41, 5.74) is 0. The van der Waals surface area contributed by atoms with E-state index in [1.807, 2.05) is 6.92 Å². The molecule has 0 aliphatic rings. The molecule has 0 aliphatic heterocycles. The predicted octanol–water partition coefficient (Wildman–Crippen LogP) is 1.26. The normalized spacial score (nSPS) is 11.1. The van der Waals surface area contributed by atoms with Crippen molar-refractivity contribution < 1.29 is 9.15 Å². The van der Waals surface area contributed by atoms with E-state index in [1.54, 1.807) is 0 Å². The lowest BCUT2D eigenvalue weighted by molar-refractivity contribution is 0.118. The summed E-state index contributed by atoms with van der Waals surface area (Å²) in [6.07, 6.45) is 0. The molecule has 1 aromatic heterocycles. The first-order valence-corrected chi connectivity index (χ1v) is 6.07. The van der Waals surface area contributed by atoms with Crippen LogP contribution in [0.3, 0.4) is 0 Å². The SMILES string of the molecule is CCNCc1nnc(NCCOCC(C)C)o1. The Bertz CT molecular complexity index is 301. The Hall–Kier alpha value is -1.14. The van der Waals surface area contributed by atoms with Gasteiger partial charge in [-0.2, -0.15) is 0 Å². The minimum absolute atomic E-state index is 0.450. The zero-order chi connectivity index (χ0) is 12.5. The summed E-state index contributed by atoms with van der Waals surface area (Å²) in [6.45, 7) is 9.86. The molecule has 17 heavy (non-hydrogen) atoms. The Morgan fingerprint density at radius 3 is 2.88 bits per heavy atom. The zero-order valence-electron chi connectivity index (χ0n) is 10.8. The van der Waals surface area contributed by atoms with Gasteiger partial charge in [-0.1, -0.05) is 25.9 Å². The zero-order valence-corrected chi connectivity index (χ0v) is 10.8. The molecule has 0 saturated carbocycles. The minimum Gasteiger partial charge on any atom is -0.407 e. The van der Waals surface area contributed by atoms with Crippen molar-refractivity contribution in [3.05, 3.63) is 5.89 Å². The number of rotatable bonds is 9. The van der Waals surface area contributed by atoms with Gasteiger partial charge in [0, 0.05) is 13.2 Å². The van der Waals surface area contributed by atoms with Crippen molar-refractivity contribution in [1.82, 2.24) is 15.5 Å². The Labute approximate surface area is 102 Å². The van der Waals surface area contributed by atoms with E-state index in [9.17, 15) is 0 Å². The molecule has 6 nitrogen and oxygen atoms in total. The second kappa shape index (κ2) is 8.03. The summed E-state index contributed by atoms with van der Waals surface area (Å²) in [4.78, 5) is 0. The van der Waals surface area contributed by atoms with Gasteiger partial charge in [0.15, 0.2) is 0 Å². The summed E-state index contributed by atoms with van der Waals surface area (Å²) in [7, 11) is 0. The number of hydrogen-bond donors (Lipinski definition) is 2. The molecule has 6 heteroatoms. The Morgan fingerprint density at radius 1 is 1.35 bits per heavy atom. The molecule has 0 atom stereocenters. The number of ether oxygens (including phenoxy) is 1. The molecule has 98 valence electrons. The number of nitrogens with zero attached hydrogens (tertiary/aromatic N) is 2. The van der Waals surface area contributed by atoms with E-state index in [2.05, 4.69) is 34.7 Å². The van der Waals surface area contributed by atoms with Crippen molar-refractivity contribution in [1.29, 1.82) is 0 Å². The van der Waals surface area contributed by atoms with Crippen LogP contribution in [0.1, 0.15) is 26.7 Å². The summed E-state index contributed by atoms with van der Waals surface area (Å²) < 4.78 is 10.8. The van der Waals surface area contributed by atoms with Gasteiger partial charge >= 0.3 is 6.01 Å². The molecule has 0 spiro atoms. The fourth-order valence-electron chi connectivity index (χ4n) is 1.18. The molecule has 0 saturated heterocycles. The van der Waals surface area contributed by atoms with Crippen molar-refractivity contribution in [3.8, 4) is 0 Å². The summed E-state index contributed by atoms with van der Waals surface area (Å²) >= 11 is 0. The van der Waals surface area contributed by atoms with E-state index in [-0.39, 0.29) is 0 Å². The topological polar surface area (TPSA) is 72.2 Å². The van der Waals surface area contributed by atoms with E-state index in [1.165, 1.54) is 0 Å². The van der Waals surface area contributed by atoms with Gasteiger partial charge in [0.25, 0.3) is 0 Å². The molecule has 0 fully saturated rings. The molecule has 2 N–H and O–H groups in total. The highest BCUT2D eigenvalue weighted by Gasteiger charge is 2.04. The third-order valence-corrected chi connectivity index (χ3v) is 1.97. The molecule has 0 unspecified atom stereocenters. The van der Waals surface area contributed by atoms with Crippen LogP contribution in [-0.2, 0) is 11.3 Å². The average Bonchev–Trinajstić information content (AvgIpc) is 2.73. The highest BCUT2D eigenvalue weighted by Crippen LogP contribution is 2.04. The number of anilines is 1. The van der Waals surface area contributed by atoms with Gasteiger partial charge in [-0.05, 0) is 12.5 Å². The van der Waals surface area contributed by atoms with Gasteiger partial charge < -0.3 is 19.8 Å². The van der Waals surface area contributed by atoms with Gasteiger partial charge in [-0.15, -0.1) is 5.10 Å². The first kappa shape index (κ1) is 13.9. The summed E-state index contributed by atoms with van der Waals surface area (Å²) in [5.74, 6) is 1.16. The maximum absolute atomic E-state index is 5.42. The molecular formula is C11H22N4O2. The summed E-state index contributed by atoms with van der Waals surface area (Å²) in [6, 6.07) is 0.450. The quantitative estimate of drug-likeness (QED) is 0.635. The first-order valence-electron chi connectivity index (χ1n) is 6.07. The third-order valence-electron chi connectivity index (χ3n) is 1.97. The van der Waals surface area contributed by atoms with E-state index in [0.29, 0.717) is 37.5 Å². The van der Waals surface area contributed by atoms with Crippen molar-refractivity contribution in [2.24, 2.45) is 5.92 Å². The molecule has 1 aromatic rings. The van der Waals surface area contributed by atoms with Crippen molar-refractivity contribution in [3.63, 3.8) is 0 Å². The maximum Gasteiger partial charge on any atom is 0.315 e. The van der Waals surface area contributed by atoms with Crippen LogP contribution in [0.15, 0.2) is 4.42 Å². The lowest BCUT2D eigenvalue weighted by atomic mass is 10.2. The number of aromatic nitrogens is 2. The van der Waals surface area contributed by atoms with Gasteiger partial charge in [0.1, 0.15) is 0 Å². The molecule has 1 heterocycles. The van der Waals surface area contributed by atoms with E-state index >= 15 is 0 Å². The van der Waals surface area contributed by atoms with Crippen LogP contribution in [0.4, 0.5) is 6.01 Å². The van der Waals surface area contributed by atoms with E-state index in [0.717, 1.165) is 13.2 Å². The highest BCUT2D eigenvalue weighted by atomic mass is 16.5. The van der Waals surface area contributed by atoms with Crippen LogP contribution in [0, 0.1) is 5.92 Å². The molecule has 0 radical (unpaired) electrons. The van der Waals surface area contributed by atoms with Crippen LogP contribution in [0.2, 0.25) is 0 Å². The number of hydrogen-bond acceptors (Lipinski definition) is 6. The Balaban J connectivity index is 2.12. The van der Waals surface area contributed by atoms with Crippen molar-refractivity contribution >= 4 is 6.01 Å². The smallest absolute Gasteiger partial charge is 0.315 e. The lowest BCUT2D eigenvalue weighted by Crippen LogP contribution is -2.12. The fourth-order valence-corrected chi connectivity index (χ4v) is 1.18. The first-order chi connectivity index (χ1) is 8.22. The number of nitrogens with one attached hydrogen (secondary N) is 2. The van der Waals surface area contributed by atoms with Crippen LogP contribution >= 0.6 is 0 Å². The second-order valence-corrected chi connectivity index (χ2v) is 4.18. The predicted molar refractivity (Wildman–Crippen MR) is 65.8 cm³/mol. The van der Waals surface area contributed by atoms with Crippen LogP contribution in [0.25, 0.3) is 0 Å². The van der Waals surface area contributed by atoms with Gasteiger partial charge in [-0.3, -0.25) is 0 Å². The molecule has 1 rings (SSSR count). The Kier molecular flexibility index (Phi) is 6.57. The van der Waals surface area contributed by atoms with Crippen molar-refractivity contribution in [2.45, 2.75) is 27.3 Å². The monoisotopic (exact) mass is 242 g/mol. The molecule has 0 amide bonds. The summed E-state index contributed by atoms with van der Waals surface area (Å²) in [5, 5.41) is 13.9. The molecular weight excluding hydrogens is 220 g/mol. The van der Waals surface area contributed by atoms with Gasteiger partial charge in [0.2, 0.25) is 5.89 Å². The van der Waals surface area contributed by atoms with Gasteiger partial charge in [-0.25, -0.2) is 0 Å². The lowest BCUT2D eigenvalue weighted by Gasteiger charge is -2.06.